The molecule has 9 heteroatoms. The molecule has 1 aromatic heterocycles. The van der Waals surface area contributed by atoms with Crippen LogP contribution in [0, 0.1) is 12.8 Å². The van der Waals surface area contributed by atoms with Crippen molar-refractivity contribution >= 4 is 17.5 Å². The number of aryl methyl sites for hydroxylation is 1. The number of carbonyl (C=O) groups excluding carboxylic acids is 2. The molecule has 3 heterocycles. The van der Waals surface area contributed by atoms with Crippen LogP contribution in [0.25, 0.3) is 0 Å². The zero-order valence-corrected chi connectivity index (χ0v) is 12.6. The van der Waals surface area contributed by atoms with Gasteiger partial charge in [0.15, 0.2) is 17.6 Å². The zero-order valence-electron chi connectivity index (χ0n) is 12.6. The summed E-state index contributed by atoms with van der Waals surface area (Å²) in [6.07, 6.45) is -0.207. The number of likely N-dealkylation sites (tertiary alicyclic amines) is 1. The SMILES string of the molecule is Cc1noc(CC(=O)N2C[C@@H]3C(C(=O)N(C)C)=NO[C@@H]3C2)n1. The molecule has 1 aromatic rings. The Morgan fingerprint density at radius 1 is 1.36 bits per heavy atom. The maximum Gasteiger partial charge on any atom is 0.271 e. The van der Waals surface area contributed by atoms with Crippen molar-refractivity contribution in [3.8, 4) is 0 Å². The quantitative estimate of drug-likeness (QED) is 0.726. The molecule has 0 spiro atoms. The van der Waals surface area contributed by atoms with E-state index < -0.39 is 0 Å². The molecule has 0 unspecified atom stereocenters. The Labute approximate surface area is 126 Å². The van der Waals surface area contributed by atoms with Crippen molar-refractivity contribution in [3.05, 3.63) is 11.7 Å². The number of carbonyl (C=O) groups is 2. The van der Waals surface area contributed by atoms with E-state index in [1.54, 1.807) is 25.9 Å². The third-order valence-corrected chi connectivity index (χ3v) is 3.75. The molecule has 0 bridgehead atoms. The largest absolute Gasteiger partial charge is 0.389 e. The summed E-state index contributed by atoms with van der Waals surface area (Å²) >= 11 is 0. The van der Waals surface area contributed by atoms with E-state index in [1.807, 2.05) is 0 Å². The monoisotopic (exact) mass is 307 g/mol. The first kappa shape index (κ1) is 14.5. The lowest BCUT2D eigenvalue weighted by atomic mass is 10.00. The molecule has 2 aliphatic heterocycles. The third kappa shape index (κ3) is 2.53. The molecule has 0 N–H and O–H groups in total. The van der Waals surface area contributed by atoms with Gasteiger partial charge in [-0.3, -0.25) is 9.59 Å². The first-order valence-electron chi connectivity index (χ1n) is 6.98. The Morgan fingerprint density at radius 2 is 2.14 bits per heavy atom. The second-order valence-corrected chi connectivity index (χ2v) is 5.64. The van der Waals surface area contributed by atoms with Crippen LogP contribution in [0.5, 0.6) is 0 Å². The summed E-state index contributed by atoms with van der Waals surface area (Å²) in [5, 5.41) is 7.53. The lowest BCUT2D eigenvalue weighted by Crippen LogP contribution is -2.37. The van der Waals surface area contributed by atoms with Crippen molar-refractivity contribution < 1.29 is 18.9 Å². The van der Waals surface area contributed by atoms with E-state index in [0.717, 1.165) is 0 Å². The van der Waals surface area contributed by atoms with Crippen LogP contribution in [0.15, 0.2) is 9.68 Å². The van der Waals surface area contributed by atoms with Crippen LogP contribution in [0.3, 0.4) is 0 Å². The number of rotatable bonds is 3. The van der Waals surface area contributed by atoms with Gasteiger partial charge in [0.2, 0.25) is 11.8 Å². The molecular formula is C13H17N5O4. The van der Waals surface area contributed by atoms with Crippen molar-refractivity contribution in [2.75, 3.05) is 27.2 Å². The summed E-state index contributed by atoms with van der Waals surface area (Å²) in [7, 11) is 3.32. The van der Waals surface area contributed by atoms with E-state index in [4.69, 9.17) is 9.36 Å². The smallest absolute Gasteiger partial charge is 0.271 e. The van der Waals surface area contributed by atoms with Crippen molar-refractivity contribution in [3.63, 3.8) is 0 Å². The number of amides is 2. The molecule has 2 amide bonds. The first-order valence-corrected chi connectivity index (χ1v) is 6.98. The summed E-state index contributed by atoms with van der Waals surface area (Å²) in [6, 6.07) is 0. The highest BCUT2D eigenvalue weighted by molar-refractivity contribution is 6.40. The van der Waals surface area contributed by atoms with Crippen molar-refractivity contribution in [1.29, 1.82) is 0 Å². The molecule has 118 valence electrons. The van der Waals surface area contributed by atoms with Crippen molar-refractivity contribution in [1.82, 2.24) is 19.9 Å². The normalized spacial score (nSPS) is 23.0. The van der Waals surface area contributed by atoms with Gasteiger partial charge in [0.05, 0.1) is 12.5 Å². The second kappa shape index (κ2) is 5.39. The van der Waals surface area contributed by atoms with Crippen molar-refractivity contribution in [2.24, 2.45) is 11.1 Å². The highest BCUT2D eigenvalue weighted by atomic mass is 16.6. The lowest BCUT2D eigenvalue weighted by Gasteiger charge is -2.16. The Morgan fingerprint density at radius 3 is 2.77 bits per heavy atom. The summed E-state index contributed by atoms with van der Waals surface area (Å²) in [4.78, 5) is 36.7. The van der Waals surface area contributed by atoms with Crippen LogP contribution >= 0.6 is 0 Å². The van der Waals surface area contributed by atoms with Crippen LogP contribution in [-0.2, 0) is 20.8 Å². The van der Waals surface area contributed by atoms with Gasteiger partial charge in [0.1, 0.15) is 6.42 Å². The van der Waals surface area contributed by atoms with Gasteiger partial charge in [-0.15, -0.1) is 0 Å². The maximum absolute atomic E-state index is 12.3. The van der Waals surface area contributed by atoms with Crippen LogP contribution in [0.1, 0.15) is 11.7 Å². The standard InChI is InChI=1S/C13H17N5O4/c1-7-14-10(22-15-7)4-11(19)18-5-8-9(6-18)21-16-12(8)13(20)17(2)3/h8-9H,4-6H2,1-3H3/t8-,9+/m0/s1. The first-order chi connectivity index (χ1) is 10.5. The summed E-state index contributed by atoms with van der Waals surface area (Å²) in [5.74, 6) is 0.296. The molecule has 0 saturated carbocycles. The van der Waals surface area contributed by atoms with E-state index >= 15 is 0 Å². The number of nitrogens with zero attached hydrogens (tertiary/aromatic N) is 5. The van der Waals surface area contributed by atoms with E-state index in [0.29, 0.717) is 30.5 Å². The van der Waals surface area contributed by atoms with Gasteiger partial charge in [-0.25, -0.2) is 0 Å². The minimum absolute atomic E-state index is 0.0500. The highest BCUT2D eigenvalue weighted by Crippen LogP contribution is 2.28. The summed E-state index contributed by atoms with van der Waals surface area (Å²) in [5.41, 5.74) is 0.374. The van der Waals surface area contributed by atoms with Gasteiger partial charge < -0.3 is 19.2 Å². The zero-order chi connectivity index (χ0) is 15.9. The fourth-order valence-electron chi connectivity index (χ4n) is 2.62. The Hall–Kier alpha value is -2.45. The van der Waals surface area contributed by atoms with E-state index in [2.05, 4.69) is 15.3 Å². The van der Waals surface area contributed by atoms with Crippen LogP contribution in [0.4, 0.5) is 0 Å². The fourth-order valence-corrected chi connectivity index (χ4v) is 2.62. The minimum Gasteiger partial charge on any atom is -0.389 e. The highest BCUT2D eigenvalue weighted by Gasteiger charge is 2.46. The van der Waals surface area contributed by atoms with Gasteiger partial charge in [-0.2, -0.15) is 4.98 Å². The molecule has 1 saturated heterocycles. The van der Waals surface area contributed by atoms with Gasteiger partial charge in [0, 0.05) is 20.6 Å². The number of fused-ring (bicyclic) bond motifs is 1. The van der Waals surface area contributed by atoms with Crippen LogP contribution in [-0.4, -0.2) is 70.8 Å². The average Bonchev–Trinajstić information content (AvgIpc) is 3.12. The van der Waals surface area contributed by atoms with Gasteiger partial charge >= 0.3 is 0 Å². The Balaban J connectivity index is 1.64. The Kier molecular flexibility index (Phi) is 3.55. The van der Waals surface area contributed by atoms with Gasteiger partial charge in [-0.1, -0.05) is 10.3 Å². The van der Waals surface area contributed by atoms with Crippen LogP contribution < -0.4 is 0 Å². The molecule has 9 nitrogen and oxygen atoms in total. The molecule has 2 aliphatic rings. The van der Waals surface area contributed by atoms with Crippen molar-refractivity contribution in [2.45, 2.75) is 19.4 Å². The third-order valence-electron chi connectivity index (χ3n) is 3.75. The molecular weight excluding hydrogens is 290 g/mol. The second-order valence-electron chi connectivity index (χ2n) is 5.64. The lowest BCUT2D eigenvalue weighted by molar-refractivity contribution is -0.130. The van der Waals surface area contributed by atoms with E-state index in [1.165, 1.54) is 4.90 Å². The molecule has 3 rings (SSSR count). The fraction of sp³-hybridized carbons (Fsp3) is 0.615. The number of hydrogen-bond donors (Lipinski definition) is 0. The minimum atomic E-state index is -0.257. The molecule has 0 radical (unpaired) electrons. The van der Waals surface area contributed by atoms with E-state index in [9.17, 15) is 9.59 Å². The summed E-state index contributed by atoms with van der Waals surface area (Å²) in [6.45, 7) is 2.51. The van der Waals surface area contributed by atoms with Crippen LogP contribution in [0.2, 0.25) is 0 Å². The number of aromatic nitrogens is 2. The molecule has 2 atom stereocenters. The number of oxime groups is 1. The predicted molar refractivity (Wildman–Crippen MR) is 73.8 cm³/mol. The Bertz CT molecular complexity index is 638. The molecule has 22 heavy (non-hydrogen) atoms. The number of hydrogen-bond acceptors (Lipinski definition) is 7. The molecule has 0 aromatic carbocycles. The maximum atomic E-state index is 12.3. The average molecular weight is 307 g/mol. The summed E-state index contributed by atoms with van der Waals surface area (Å²) < 4.78 is 4.95. The predicted octanol–water partition coefficient (Wildman–Crippen LogP) is -0.778. The van der Waals surface area contributed by atoms with Gasteiger partial charge in [0.25, 0.3) is 5.91 Å². The van der Waals surface area contributed by atoms with E-state index in [-0.39, 0.29) is 30.3 Å². The molecule has 1 fully saturated rings. The topological polar surface area (TPSA) is 101 Å². The molecule has 0 aliphatic carbocycles. The van der Waals surface area contributed by atoms with Gasteiger partial charge in [-0.05, 0) is 6.92 Å².